The highest BCUT2D eigenvalue weighted by Crippen LogP contribution is 2.28. The van der Waals surface area contributed by atoms with Gasteiger partial charge in [0.05, 0.1) is 5.00 Å². The van der Waals surface area contributed by atoms with E-state index in [9.17, 15) is 13.2 Å². The van der Waals surface area contributed by atoms with Crippen LogP contribution in [0, 0.1) is 0 Å². The maximum Gasteiger partial charge on any atom is 0.412 e. The zero-order valence-corrected chi connectivity index (χ0v) is 11.9. The number of hydrogen-bond donors (Lipinski definition) is 1. The Morgan fingerprint density at radius 3 is 2.41 bits per heavy atom. The first-order chi connectivity index (χ1) is 7.58. The van der Waals surface area contributed by atoms with E-state index in [1.165, 1.54) is 12.1 Å². The molecule has 5 nitrogen and oxygen atoms in total. The molecule has 0 bridgehead atoms. The van der Waals surface area contributed by atoms with Crippen LogP contribution in [0.2, 0.25) is 0 Å². The third-order valence-electron chi connectivity index (χ3n) is 1.45. The molecule has 1 rings (SSSR count). The summed E-state index contributed by atoms with van der Waals surface area (Å²) < 4.78 is 27.0. The van der Waals surface area contributed by atoms with Crippen molar-refractivity contribution < 1.29 is 17.9 Å². The van der Waals surface area contributed by atoms with Crippen LogP contribution >= 0.6 is 22.0 Å². The van der Waals surface area contributed by atoms with Gasteiger partial charge in [-0.2, -0.15) is 0 Å². The SMILES string of the molecule is CC(C)(C)OC(=O)Nc1ccc(S(=O)(=O)Cl)s1. The molecule has 0 saturated carbocycles. The first-order valence-corrected chi connectivity index (χ1v) is 7.75. The van der Waals surface area contributed by atoms with Crippen LogP contribution in [0.3, 0.4) is 0 Å². The van der Waals surface area contributed by atoms with E-state index in [2.05, 4.69) is 5.32 Å². The van der Waals surface area contributed by atoms with Gasteiger partial charge in [-0.3, -0.25) is 5.32 Å². The second kappa shape index (κ2) is 4.83. The molecule has 0 aromatic carbocycles. The summed E-state index contributed by atoms with van der Waals surface area (Å²) in [6.07, 6.45) is -0.641. The molecule has 0 aliphatic heterocycles. The lowest BCUT2D eigenvalue weighted by Gasteiger charge is -2.19. The number of thiophene rings is 1. The maximum atomic E-state index is 11.4. The van der Waals surface area contributed by atoms with Crippen molar-refractivity contribution in [3.8, 4) is 0 Å². The summed E-state index contributed by atoms with van der Waals surface area (Å²) >= 11 is 0.862. The van der Waals surface area contributed by atoms with Crippen LogP contribution < -0.4 is 5.32 Å². The van der Waals surface area contributed by atoms with Gasteiger partial charge in [-0.05, 0) is 32.9 Å². The minimum absolute atomic E-state index is 0.0229. The van der Waals surface area contributed by atoms with E-state index < -0.39 is 20.7 Å². The van der Waals surface area contributed by atoms with Crippen molar-refractivity contribution in [1.82, 2.24) is 0 Å². The van der Waals surface area contributed by atoms with Crippen LogP contribution in [0.25, 0.3) is 0 Å². The Morgan fingerprint density at radius 2 is 2.00 bits per heavy atom. The number of hydrogen-bond acceptors (Lipinski definition) is 5. The number of carbonyl (C=O) groups excluding carboxylic acids is 1. The summed E-state index contributed by atoms with van der Waals surface area (Å²) in [5.74, 6) is 0. The number of anilines is 1. The molecule has 0 atom stereocenters. The van der Waals surface area contributed by atoms with Crippen LogP contribution in [0.1, 0.15) is 20.8 Å². The van der Waals surface area contributed by atoms with Gasteiger partial charge < -0.3 is 4.74 Å². The Bertz CT molecular complexity index is 515. The molecular weight excluding hydrogens is 286 g/mol. The molecule has 1 N–H and O–H groups in total. The standard InChI is InChI=1S/C9H12ClNO4S2/c1-9(2,3)15-8(12)11-6-4-5-7(16-6)17(10,13)14/h4-5H,1-3H3,(H,11,12). The lowest BCUT2D eigenvalue weighted by Crippen LogP contribution is -2.26. The van der Waals surface area contributed by atoms with Gasteiger partial charge >= 0.3 is 6.09 Å². The summed E-state index contributed by atoms with van der Waals surface area (Å²) in [6, 6.07) is 2.77. The molecule has 1 aromatic rings. The van der Waals surface area contributed by atoms with Crippen molar-refractivity contribution in [1.29, 1.82) is 0 Å². The second-order valence-electron chi connectivity index (χ2n) is 4.18. The third-order valence-corrected chi connectivity index (χ3v) is 4.54. The average Bonchev–Trinajstić information content (AvgIpc) is 2.47. The highest BCUT2D eigenvalue weighted by Gasteiger charge is 2.18. The van der Waals surface area contributed by atoms with Crippen molar-refractivity contribution in [3.63, 3.8) is 0 Å². The van der Waals surface area contributed by atoms with Crippen LogP contribution in [0.5, 0.6) is 0 Å². The van der Waals surface area contributed by atoms with Crippen LogP contribution in [-0.4, -0.2) is 20.1 Å². The zero-order chi connectivity index (χ0) is 13.3. The molecular formula is C9H12ClNO4S2. The van der Waals surface area contributed by atoms with Gasteiger partial charge in [0, 0.05) is 10.7 Å². The number of ether oxygens (including phenoxy) is 1. The van der Waals surface area contributed by atoms with E-state index >= 15 is 0 Å². The molecule has 1 amide bonds. The first-order valence-electron chi connectivity index (χ1n) is 4.62. The molecule has 8 heteroatoms. The van der Waals surface area contributed by atoms with Crippen molar-refractivity contribution in [2.24, 2.45) is 0 Å². The predicted molar refractivity (Wildman–Crippen MR) is 67.2 cm³/mol. The number of carbonyl (C=O) groups is 1. The second-order valence-corrected chi connectivity index (χ2v) is 8.06. The predicted octanol–water partition coefficient (Wildman–Crippen LogP) is 3.02. The number of amides is 1. The Morgan fingerprint density at radius 1 is 1.41 bits per heavy atom. The molecule has 1 aromatic heterocycles. The van der Waals surface area contributed by atoms with Crippen LogP contribution in [-0.2, 0) is 13.8 Å². The molecule has 0 radical (unpaired) electrons. The summed E-state index contributed by atoms with van der Waals surface area (Å²) in [4.78, 5) is 11.4. The normalized spacial score (nSPS) is 12.2. The zero-order valence-electron chi connectivity index (χ0n) is 9.48. The molecule has 96 valence electrons. The lowest BCUT2D eigenvalue weighted by atomic mass is 10.2. The molecule has 1 heterocycles. The lowest BCUT2D eigenvalue weighted by molar-refractivity contribution is 0.0636. The molecule has 0 aliphatic rings. The fourth-order valence-electron chi connectivity index (χ4n) is 0.923. The van der Waals surface area contributed by atoms with Crippen molar-refractivity contribution in [3.05, 3.63) is 12.1 Å². The smallest absolute Gasteiger partial charge is 0.412 e. The maximum absolute atomic E-state index is 11.4. The fourth-order valence-corrected chi connectivity index (χ4v) is 2.88. The Labute approximate surface area is 108 Å². The largest absolute Gasteiger partial charge is 0.444 e. The molecule has 0 spiro atoms. The number of halogens is 1. The average molecular weight is 298 g/mol. The van der Waals surface area contributed by atoms with Gasteiger partial charge in [-0.15, -0.1) is 11.3 Å². The first kappa shape index (κ1) is 14.3. The van der Waals surface area contributed by atoms with Crippen molar-refractivity contribution in [2.75, 3.05) is 5.32 Å². The monoisotopic (exact) mass is 297 g/mol. The van der Waals surface area contributed by atoms with E-state index in [4.69, 9.17) is 15.4 Å². The Balaban J connectivity index is 2.71. The van der Waals surface area contributed by atoms with E-state index in [1.807, 2.05) is 0 Å². The summed E-state index contributed by atoms with van der Waals surface area (Å²) in [5, 5.41) is 2.78. The molecule has 0 saturated heterocycles. The van der Waals surface area contributed by atoms with Gasteiger partial charge in [0.15, 0.2) is 0 Å². The van der Waals surface area contributed by atoms with Crippen molar-refractivity contribution in [2.45, 2.75) is 30.6 Å². The fraction of sp³-hybridized carbons (Fsp3) is 0.444. The topological polar surface area (TPSA) is 72.5 Å². The van der Waals surface area contributed by atoms with Gasteiger partial charge in [0.25, 0.3) is 9.05 Å². The molecule has 0 unspecified atom stereocenters. The number of nitrogens with one attached hydrogen (secondary N) is 1. The van der Waals surface area contributed by atoms with E-state index in [1.54, 1.807) is 20.8 Å². The Kier molecular flexibility index (Phi) is 4.06. The van der Waals surface area contributed by atoms with E-state index in [0.717, 1.165) is 11.3 Å². The highest BCUT2D eigenvalue weighted by atomic mass is 35.7. The van der Waals surface area contributed by atoms with E-state index in [0.29, 0.717) is 5.00 Å². The van der Waals surface area contributed by atoms with Crippen LogP contribution in [0.15, 0.2) is 16.3 Å². The molecule has 0 fully saturated rings. The quantitative estimate of drug-likeness (QED) is 0.852. The van der Waals surface area contributed by atoms with Gasteiger partial charge in [-0.1, -0.05) is 0 Å². The van der Waals surface area contributed by atoms with E-state index in [-0.39, 0.29) is 4.21 Å². The van der Waals surface area contributed by atoms with Gasteiger partial charge in [0.1, 0.15) is 9.81 Å². The van der Waals surface area contributed by atoms with Gasteiger partial charge in [-0.25, -0.2) is 13.2 Å². The van der Waals surface area contributed by atoms with Crippen LogP contribution in [0.4, 0.5) is 9.80 Å². The number of rotatable bonds is 2. The molecule has 0 aliphatic carbocycles. The van der Waals surface area contributed by atoms with Gasteiger partial charge in [0.2, 0.25) is 0 Å². The minimum Gasteiger partial charge on any atom is -0.444 e. The highest BCUT2D eigenvalue weighted by molar-refractivity contribution is 8.15. The minimum atomic E-state index is -3.75. The summed E-state index contributed by atoms with van der Waals surface area (Å²) in [6.45, 7) is 5.20. The Hall–Kier alpha value is -0.790. The summed E-state index contributed by atoms with van der Waals surface area (Å²) in [5.41, 5.74) is -0.608. The third kappa shape index (κ3) is 4.93. The summed E-state index contributed by atoms with van der Waals surface area (Å²) in [7, 11) is 1.40. The van der Waals surface area contributed by atoms with Crippen molar-refractivity contribution >= 4 is 42.2 Å². The molecule has 17 heavy (non-hydrogen) atoms.